The number of hydrogen-bond donors (Lipinski definition) is 1. The van der Waals surface area contributed by atoms with E-state index in [4.69, 9.17) is 9.47 Å². The minimum atomic E-state index is -3.51. The molecule has 0 aliphatic carbocycles. The van der Waals surface area contributed by atoms with Crippen molar-refractivity contribution < 1.29 is 22.7 Å². The van der Waals surface area contributed by atoms with Gasteiger partial charge in [-0.15, -0.1) is 0 Å². The van der Waals surface area contributed by atoms with Crippen LogP contribution in [0.5, 0.6) is 11.5 Å². The number of hydrogen-bond acceptors (Lipinski definition) is 5. The third-order valence-electron chi connectivity index (χ3n) is 5.84. The van der Waals surface area contributed by atoms with Gasteiger partial charge in [0.25, 0.3) is 5.91 Å². The highest BCUT2D eigenvalue weighted by Gasteiger charge is 2.26. The zero-order chi connectivity index (χ0) is 24.7. The maximum absolute atomic E-state index is 12.9. The van der Waals surface area contributed by atoms with Crippen LogP contribution in [-0.4, -0.2) is 38.3 Å². The normalized spacial score (nSPS) is 14.3. The van der Waals surface area contributed by atoms with Crippen LogP contribution < -0.4 is 14.8 Å². The monoisotopic (exact) mass is 494 g/mol. The lowest BCUT2D eigenvalue weighted by Gasteiger charge is -2.26. The van der Waals surface area contributed by atoms with E-state index >= 15 is 0 Å². The molecule has 0 unspecified atom stereocenters. The van der Waals surface area contributed by atoms with Gasteiger partial charge in [-0.3, -0.25) is 4.79 Å². The van der Waals surface area contributed by atoms with Crippen LogP contribution in [0.4, 0.5) is 5.69 Å². The molecule has 1 fully saturated rings. The molecule has 8 heteroatoms. The minimum absolute atomic E-state index is 0.189. The molecule has 35 heavy (non-hydrogen) atoms. The molecular weight excluding hydrogens is 464 g/mol. The van der Waals surface area contributed by atoms with Gasteiger partial charge in [0.1, 0.15) is 18.1 Å². The first kappa shape index (κ1) is 24.8. The van der Waals surface area contributed by atoms with Crippen molar-refractivity contribution in [3.05, 3.63) is 83.9 Å². The fraction of sp³-hybridized carbons (Fsp3) is 0.296. The van der Waals surface area contributed by atoms with Crippen LogP contribution in [0.15, 0.2) is 77.7 Å². The van der Waals surface area contributed by atoms with Gasteiger partial charge in [0.2, 0.25) is 10.0 Å². The standard InChI is InChI=1S/C27H30N2O5S/c1-21-18-25(35(31,32)29-16-6-3-7-17-29)14-15-26(21)34-20-27(30)28-23-10-12-24(13-11-23)33-19-22-8-4-2-5-9-22/h2,4-5,8-15,18H,3,6-7,16-17,19-20H2,1H3,(H,28,30). The summed E-state index contributed by atoms with van der Waals surface area (Å²) in [6.45, 7) is 3.17. The lowest BCUT2D eigenvalue weighted by molar-refractivity contribution is -0.118. The number of benzene rings is 3. The summed E-state index contributed by atoms with van der Waals surface area (Å²) in [7, 11) is -3.51. The van der Waals surface area contributed by atoms with Gasteiger partial charge in [0.15, 0.2) is 6.61 Å². The Bertz CT molecular complexity index is 1240. The lowest BCUT2D eigenvalue weighted by atomic mass is 10.2. The molecule has 1 saturated heterocycles. The number of rotatable bonds is 9. The van der Waals surface area contributed by atoms with Crippen molar-refractivity contribution in [3.8, 4) is 11.5 Å². The van der Waals surface area contributed by atoms with Gasteiger partial charge in [0, 0.05) is 18.8 Å². The Balaban J connectivity index is 1.28. The van der Waals surface area contributed by atoms with Crippen LogP contribution >= 0.6 is 0 Å². The summed E-state index contributed by atoms with van der Waals surface area (Å²) < 4.78 is 38.7. The lowest BCUT2D eigenvalue weighted by Crippen LogP contribution is -2.35. The van der Waals surface area contributed by atoms with Crippen molar-refractivity contribution in [1.29, 1.82) is 0 Å². The molecule has 0 spiro atoms. The molecule has 1 amide bonds. The summed E-state index contributed by atoms with van der Waals surface area (Å²) in [6, 6.07) is 21.8. The maximum atomic E-state index is 12.9. The van der Waals surface area contributed by atoms with Gasteiger partial charge in [-0.1, -0.05) is 36.8 Å². The molecule has 4 rings (SSSR count). The number of aryl methyl sites for hydroxylation is 1. The van der Waals surface area contributed by atoms with E-state index in [1.165, 1.54) is 4.31 Å². The van der Waals surface area contributed by atoms with Crippen LogP contribution in [0.1, 0.15) is 30.4 Å². The highest BCUT2D eigenvalue weighted by atomic mass is 32.2. The Morgan fingerprint density at radius 1 is 0.914 bits per heavy atom. The van der Waals surface area contributed by atoms with Crippen molar-refractivity contribution in [2.45, 2.75) is 37.7 Å². The van der Waals surface area contributed by atoms with Gasteiger partial charge in [-0.05, 0) is 73.4 Å². The molecule has 0 bridgehead atoms. The number of carbonyl (C=O) groups is 1. The average molecular weight is 495 g/mol. The molecule has 3 aromatic carbocycles. The zero-order valence-corrected chi connectivity index (χ0v) is 20.6. The first-order valence-electron chi connectivity index (χ1n) is 11.7. The minimum Gasteiger partial charge on any atom is -0.489 e. The van der Waals surface area contributed by atoms with Crippen molar-refractivity contribution in [2.24, 2.45) is 0 Å². The smallest absolute Gasteiger partial charge is 0.262 e. The third kappa shape index (κ3) is 6.61. The van der Waals surface area contributed by atoms with Crippen molar-refractivity contribution in [3.63, 3.8) is 0 Å². The second-order valence-corrected chi connectivity index (χ2v) is 10.5. The van der Waals surface area contributed by atoms with E-state index in [2.05, 4.69) is 5.32 Å². The van der Waals surface area contributed by atoms with Gasteiger partial charge in [-0.2, -0.15) is 4.31 Å². The van der Waals surface area contributed by atoms with Crippen LogP contribution in [0.3, 0.4) is 0 Å². The molecule has 0 aromatic heterocycles. The van der Waals surface area contributed by atoms with Crippen LogP contribution in [0, 0.1) is 6.92 Å². The Hall–Kier alpha value is -3.36. The van der Waals surface area contributed by atoms with Crippen LogP contribution in [-0.2, 0) is 21.4 Å². The molecule has 1 aliphatic rings. The molecule has 3 aromatic rings. The number of piperidine rings is 1. The molecule has 0 atom stereocenters. The Kier molecular flexibility index (Phi) is 8.05. The number of amides is 1. The van der Waals surface area contributed by atoms with E-state index in [0.717, 1.165) is 24.8 Å². The fourth-order valence-electron chi connectivity index (χ4n) is 3.91. The summed E-state index contributed by atoms with van der Waals surface area (Å²) >= 11 is 0. The topological polar surface area (TPSA) is 84.9 Å². The summed E-state index contributed by atoms with van der Waals surface area (Å²) in [5.41, 5.74) is 2.37. The summed E-state index contributed by atoms with van der Waals surface area (Å²) in [5, 5.41) is 2.79. The number of anilines is 1. The predicted octanol–water partition coefficient (Wildman–Crippen LogP) is 4.77. The van der Waals surface area contributed by atoms with Crippen LogP contribution in [0.25, 0.3) is 0 Å². The summed E-state index contributed by atoms with van der Waals surface area (Å²) in [5.74, 6) is 0.869. The number of ether oxygens (including phenoxy) is 2. The van der Waals surface area contributed by atoms with Gasteiger partial charge < -0.3 is 14.8 Å². The van der Waals surface area contributed by atoms with E-state index in [1.54, 1.807) is 49.4 Å². The first-order chi connectivity index (χ1) is 16.9. The second-order valence-electron chi connectivity index (χ2n) is 8.53. The maximum Gasteiger partial charge on any atom is 0.262 e. The summed E-state index contributed by atoms with van der Waals surface area (Å²) in [4.78, 5) is 12.6. The largest absolute Gasteiger partial charge is 0.489 e. The Labute approximate surface area is 206 Å². The second kappa shape index (κ2) is 11.4. The number of nitrogens with one attached hydrogen (secondary N) is 1. The molecule has 1 heterocycles. The van der Waals surface area contributed by atoms with Crippen molar-refractivity contribution >= 4 is 21.6 Å². The van der Waals surface area contributed by atoms with Gasteiger partial charge in [-0.25, -0.2) is 8.42 Å². The van der Waals surface area contributed by atoms with E-state index < -0.39 is 10.0 Å². The first-order valence-corrected chi connectivity index (χ1v) is 13.2. The molecule has 1 aliphatic heterocycles. The number of carbonyl (C=O) groups excluding carboxylic acids is 1. The number of nitrogens with zero attached hydrogens (tertiary/aromatic N) is 1. The van der Waals surface area contributed by atoms with E-state index in [9.17, 15) is 13.2 Å². The molecule has 7 nitrogen and oxygen atoms in total. The van der Waals surface area contributed by atoms with Gasteiger partial charge in [0.05, 0.1) is 4.90 Å². The van der Waals surface area contributed by atoms with Crippen molar-refractivity contribution in [2.75, 3.05) is 25.0 Å². The highest BCUT2D eigenvalue weighted by Crippen LogP contribution is 2.26. The van der Waals surface area contributed by atoms with E-state index in [1.807, 2.05) is 30.3 Å². The van der Waals surface area contributed by atoms with Gasteiger partial charge >= 0.3 is 0 Å². The van der Waals surface area contributed by atoms with Crippen LogP contribution in [0.2, 0.25) is 0 Å². The molecular formula is C27H30N2O5S. The predicted molar refractivity (Wildman–Crippen MR) is 135 cm³/mol. The SMILES string of the molecule is Cc1cc(S(=O)(=O)N2CCCCC2)ccc1OCC(=O)Nc1ccc(OCc2ccccc2)cc1. The number of sulfonamides is 1. The van der Waals surface area contributed by atoms with E-state index in [0.29, 0.717) is 42.4 Å². The Morgan fingerprint density at radius 3 is 2.31 bits per heavy atom. The van der Waals surface area contributed by atoms with Crippen molar-refractivity contribution in [1.82, 2.24) is 4.31 Å². The fourth-order valence-corrected chi connectivity index (χ4v) is 5.52. The molecule has 0 radical (unpaired) electrons. The Morgan fingerprint density at radius 2 is 1.63 bits per heavy atom. The third-order valence-corrected chi connectivity index (χ3v) is 7.74. The quantitative estimate of drug-likeness (QED) is 0.463. The highest BCUT2D eigenvalue weighted by molar-refractivity contribution is 7.89. The van der Waals surface area contributed by atoms with E-state index in [-0.39, 0.29) is 17.4 Å². The molecule has 1 N–H and O–H groups in total. The summed E-state index contributed by atoms with van der Waals surface area (Å²) in [6.07, 6.45) is 2.84. The molecule has 184 valence electrons. The molecule has 0 saturated carbocycles. The zero-order valence-electron chi connectivity index (χ0n) is 19.8. The average Bonchev–Trinajstić information content (AvgIpc) is 2.88.